The second kappa shape index (κ2) is 12.1. The topological polar surface area (TPSA) is 58.1 Å². The van der Waals surface area contributed by atoms with Gasteiger partial charge >= 0.3 is 0 Å². The number of nitrogens with zero attached hydrogens (tertiary/aromatic N) is 2. The van der Waals surface area contributed by atoms with E-state index >= 15 is 0 Å². The molecule has 0 bridgehead atoms. The van der Waals surface area contributed by atoms with Gasteiger partial charge in [0.25, 0.3) is 0 Å². The number of hydrogen-bond acceptors (Lipinski definition) is 4. The van der Waals surface area contributed by atoms with Crippen molar-refractivity contribution in [2.45, 2.75) is 45.3 Å². The summed E-state index contributed by atoms with van der Waals surface area (Å²) in [6, 6.07) is 9.18. The van der Waals surface area contributed by atoms with Crippen LogP contribution in [0.5, 0.6) is 0 Å². The number of halogens is 1. The Balaban J connectivity index is 0.00000300. The molecule has 2 atom stereocenters. The fraction of sp³-hybridized carbons (Fsp3) is 0.682. The summed E-state index contributed by atoms with van der Waals surface area (Å²) in [4.78, 5) is 7.32. The predicted octanol–water partition coefficient (Wildman–Crippen LogP) is 3.11. The summed E-state index contributed by atoms with van der Waals surface area (Å²) in [6.45, 7) is 13.1. The molecule has 2 aliphatic heterocycles. The zero-order chi connectivity index (χ0) is 19.8. The average molecular weight is 516 g/mol. The third kappa shape index (κ3) is 7.38. The molecule has 0 amide bonds. The first-order valence-corrected chi connectivity index (χ1v) is 10.6. The number of morpholine rings is 1. The number of nitrogens with one attached hydrogen (secondary N) is 2. The lowest BCUT2D eigenvalue weighted by molar-refractivity contribution is 0.0169. The molecule has 0 spiro atoms. The van der Waals surface area contributed by atoms with Crippen LogP contribution >= 0.6 is 24.0 Å². The van der Waals surface area contributed by atoms with Gasteiger partial charge in [0.15, 0.2) is 5.96 Å². The summed E-state index contributed by atoms with van der Waals surface area (Å²) in [5, 5.41) is 6.96. The maximum atomic E-state index is 5.89. The zero-order valence-electron chi connectivity index (χ0n) is 18.1. The Morgan fingerprint density at radius 2 is 1.90 bits per heavy atom. The van der Waals surface area contributed by atoms with Crippen LogP contribution in [0.15, 0.2) is 29.3 Å². The van der Waals surface area contributed by atoms with Crippen LogP contribution in [-0.4, -0.2) is 69.0 Å². The normalized spacial score (nSPS) is 24.0. The first-order chi connectivity index (χ1) is 13.6. The van der Waals surface area contributed by atoms with Crippen LogP contribution in [0.4, 0.5) is 0 Å². The Labute approximate surface area is 192 Å². The Morgan fingerprint density at radius 3 is 2.52 bits per heavy atom. The van der Waals surface area contributed by atoms with Crippen molar-refractivity contribution in [3.8, 4) is 0 Å². The monoisotopic (exact) mass is 516 g/mol. The maximum absolute atomic E-state index is 5.89. The molecule has 29 heavy (non-hydrogen) atoms. The summed E-state index contributed by atoms with van der Waals surface area (Å²) in [5.41, 5.74) is 2.50. The van der Waals surface area contributed by atoms with Crippen molar-refractivity contribution >= 4 is 29.9 Å². The van der Waals surface area contributed by atoms with Gasteiger partial charge in [0.1, 0.15) is 0 Å². The van der Waals surface area contributed by atoms with Crippen molar-refractivity contribution in [3.63, 3.8) is 0 Å². The van der Waals surface area contributed by atoms with Crippen molar-refractivity contribution in [3.05, 3.63) is 35.4 Å². The highest BCUT2D eigenvalue weighted by molar-refractivity contribution is 14.0. The van der Waals surface area contributed by atoms with E-state index in [4.69, 9.17) is 14.5 Å². The van der Waals surface area contributed by atoms with Crippen LogP contribution in [0.25, 0.3) is 0 Å². The summed E-state index contributed by atoms with van der Waals surface area (Å²) < 4.78 is 11.4. The number of aryl methyl sites for hydroxylation is 1. The van der Waals surface area contributed by atoms with E-state index in [2.05, 4.69) is 60.6 Å². The molecular formula is C22H37IN4O2. The molecule has 0 radical (unpaired) electrons. The van der Waals surface area contributed by atoms with Crippen molar-refractivity contribution in [1.29, 1.82) is 0 Å². The SMILES string of the molecule is CCNC(=NCC1(C)CCCO1)NCC(c1ccc(C)cc1)N1CCOCC1.I. The molecule has 0 aromatic heterocycles. The minimum atomic E-state index is -0.122. The molecule has 164 valence electrons. The van der Waals surface area contributed by atoms with Crippen LogP contribution in [0, 0.1) is 6.92 Å². The largest absolute Gasteiger partial charge is 0.379 e. The van der Waals surface area contributed by atoms with Crippen LogP contribution in [0.3, 0.4) is 0 Å². The average Bonchev–Trinajstić information content (AvgIpc) is 3.15. The smallest absolute Gasteiger partial charge is 0.191 e. The number of rotatable bonds is 7. The Bertz CT molecular complexity index is 626. The van der Waals surface area contributed by atoms with Gasteiger partial charge in [-0.1, -0.05) is 29.8 Å². The molecule has 1 aromatic rings. The standard InChI is InChI=1S/C22H36N4O2.HI/c1-4-23-21(25-17-22(3)10-5-13-28-22)24-16-20(26-11-14-27-15-12-26)19-8-6-18(2)7-9-19;/h6-9,20H,4-5,10-17H2,1-3H3,(H2,23,24,25);1H. The minimum Gasteiger partial charge on any atom is -0.379 e. The van der Waals surface area contributed by atoms with E-state index in [0.717, 1.165) is 64.8 Å². The Morgan fingerprint density at radius 1 is 1.17 bits per heavy atom. The van der Waals surface area contributed by atoms with E-state index < -0.39 is 0 Å². The first-order valence-electron chi connectivity index (χ1n) is 10.6. The predicted molar refractivity (Wildman–Crippen MR) is 129 cm³/mol. The molecule has 2 heterocycles. The van der Waals surface area contributed by atoms with Gasteiger partial charge in [-0.05, 0) is 39.2 Å². The van der Waals surface area contributed by atoms with Crippen molar-refractivity contribution in [2.24, 2.45) is 4.99 Å². The molecule has 2 fully saturated rings. The van der Waals surface area contributed by atoms with E-state index in [1.807, 2.05) is 0 Å². The van der Waals surface area contributed by atoms with Crippen LogP contribution in [0.2, 0.25) is 0 Å². The van der Waals surface area contributed by atoms with Crippen LogP contribution in [-0.2, 0) is 9.47 Å². The van der Waals surface area contributed by atoms with E-state index in [1.54, 1.807) is 0 Å². The van der Waals surface area contributed by atoms with Gasteiger partial charge in [0.05, 0.1) is 31.4 Å². The van der Waals surface area contributed by atoms with Gasteiger partial charge < -0.3 is 20.1 Å². The lowest BCUT2D eigenvalue weighted by atomic mass is 10.0. The fourth-order valence-corrected chi connectivity index (χ4v) is 3.88. The fourth-order valence-electron chi connectivity index (χ4n) is 3.88. The van der Waals surface area contributed by atoms with Gasteiger partial charge in [0.2, 0.25) is 0 Å². The minimum absolute atomic E-state index is 0. The molecule has 1 aromatic carbocycles. The number of benzene rings is 1. The summed E-state index contributed by atoms with van der Waals surface area (Å²) in [7, 11) is 0. The van der Waals surface area contributed by atoms with Gasteiger partial charge in [-0.3, -0.25) is 9.89 Å². The van der Waals surface area contributed by atoms with Gasteiger partial charge in [-0.25, -0.2) is 0 Å². The summed E-state index contributed by atoms with van der Waals surface area (Å²) in [6.07, 6.45) is 2.21. The number of aliphatic imine (C=N–C) groups is 1. The van der Waals surface area contributed by atoms with E-state index in [-0.39, 0.29) is 29.6 Å². The third-order valence-corrected chi connectivity index (χ3v) is 5.63. The Hall–Kier alpha value is -0.900. The molecule has 3 rings (SSSR count). The zero-order valence-corrected chi connectivity index (χ0v) is 20.4. The summed E-state index contributed by atoms with van der Waals surface area (Å²) >= 11 is 0. The number of hydrogen-bond donors (Lipinski definition) is 2. The van der Waals surface area contributed by atoms with Gasteiger partial charge in [0, 0.05) is 32.8 Å². The maximum Gasteiger partial charge on any atom is 0.191 e. The molecule has 7 heteroatoms. The second-order valence-corrected chi connectivity index (χ2v) is 8.05. The molecule has 0 saturated carbocycles. The highest BCUT2D eigenvalue weighted by atomic mass is 127. The number of ether oxygens (including phenoxy) is 2. The van der Waals surface area contributed by atoms with Gasteiger partial charge in [-0.15, -0.1) is 24.0 Å². The first kappa shape index (κ1) is 24.4. The van der Waals surface area contributed by atoms with Crippen LogP contribution < -0.4 is 10.6 Å². The molecule has 2 aliphatic rings. The molecule has 2 saturated heterocycles. The lowest BCUT2D eigenvalue weighted by Gasteiger charge is -2.35. The molecule has 2 unspecified atom stereocenters. The van der Waals surface area contributed by atoms with E-state index in [0.29, 0.717) is 12.6 Å². The van der Waals surface area contributed by atoms with Crippen molar-refractivity contribution in [1.82, 2.24) is 15.5 Å². The second-order valence-electron chi connectivity index (χ2n) is 8.05. The highest BCUT2D eigenvalue weighted by Crippen LogP contribution is 2.25. The quantitative estimate of drug-likeness (QED) is 0.332. The van der Waals surface area contributed by atoms with Crippen molar-refractivity contribution in [2.75, 3.05) is 52.5 Å². The lowest BCUT2D eigenvalue weighted by Crippen LogP contribution is -2.46. The van der Waals surface area contributed by atoms with Crippen molar-refractivity contribution < 1.29 is 9.47 Å². The Kier molecular flexibility index (Phi) is 10.1. The van der Waals surface area contributed by atoms with E-state index in [9.17, 15) is 0 Å². The number of guanidine groups is 1. The molecule has 6 nitrogen and oxygen atoms in total. The van der Waals surface area contributed by atoms with Crippen LogP contribution in [0.1, 0.15) is 43.9 Å². The molecule has 2 N–H and O–H groups in total. The third-order valence-electron chi connectivity index (χ3n) is 5.63. The summed E-state index contributed by atoms with van der Waals surface area (Å²) in [5.74, 6) is 0.865. The van der Waals surface area contributed by atoms with E-state index in [1.165, 1.54) is 11.1 Å². The van der Waals surface area contributed by atoms with Gasteiger partial charge in [-0.2, -0.15) is 0 Å². The molecular weight excluding hydrogens is 479 g/mol. The highest BCUT2D eigenvalue weighted by Gasteiger charge is 2.29. The molecule has 0 aliphatic carbocycles.